The molecule has 0 spiro atoms. The fourth-order valence-electron chi connectivity index (χ4n) is 0.970. The Bertz CT molecular complexity index is 259. The molecule has 1 aromatic carbocycles. The summed E-state index contributed by atoms with van der Waals surface area (Å²) in [6.45, 7) is 0. The van der Waals surface area contributed by atoms with E-state index in [0.717, 1.165) is 5.56 Å². The molecule has 1 rings (SSSR count). The van der Waals surface area contributed by atoms with Crippen LogP contribution in [0.4, 0.5) is 0 Å². The molecule has 1 aromatic rings. The van der Waals surface area contributed by atoms with Crippen molar-refractivity contribution in [3.8, 4) is 0 Å². The Balaban J connectivity index is 0.00000144. The van der Waals surface area contributed by atoms with E-state index in [1.54, 1.807) is 0 Å². The van der Waals surface area contributed by atoms with Crippen molar-refractivity contribution in [2.75, 3.05) is 18.3 Å². The van der Waals surface area contributed by atoms with Crippen molar-refractivity contribution >= 4 is 16.7 Å². The van der Waals surface area contributed by atoms with Gasteiger partial charge in [-0.25, -0.2) is 0 Å². The van der Waals surface area contributed by atoms with Gasteiger partial charge in [-0.2, -0.15) is 0 Å². The molecule has 3 heteroatoms. The Labute approximate surface area is 99.3 Å². The first-order chi connectivity index (χ1) is 5.70. The van der Waals surface area contributed by atoms with E-state index in [-0.39, 0.29) is 40.7 Å². The molecule has 0 radical (unpaired) electrons. The van der Waals surface area contributed by atoms with Crippen LogP contribution < -0.4 is 24.0 Å². The standard InChI is InChI=1S/C10H13OS.HI/c1-12(2)8-10(11)9-6-4-3-5-7-9;/h3-7H,8H2,1-2H3;1H/q+1;/p-1. The maximum absolute atomic E-state index is 11.5. The van der Waals surface area contributed by atoms with Crippen molar-refractivity contribution in [1.82, 2.24) is 0 Å². The summed E-state index contributed by atoms with van der Waals surface area (Å²) in [5.41, 5.74) is 0.832. The molecule has 0 bridgehead atoms. The lowest BCUT2D eigenvalue weighted by atomic mass is 10.2. The Morgan fingerprint density at radius 2 is 1.77 bits per heavy atom. The smallest absolute Gasteiger partial charge is 0.211 e. The van der Waals surface area contributed by atoms with Crippen LogP contribution in [-0.2, 0) is 10.9 Å². The molecule has 0 amide bonds. The first-order valence-electron chi connectivity index (χ1n) is 3.82. The van der Waals surface area contributed by atoms with Crippen LogP contribution in [0.15, 0.2) is 30.3 Å². The summed E-state index contributed by atoms with van der Waals surface area (Å²) < 4.78 is 0. The fourth-order valence-corrected chi connectivity index (χ4v) is 1.66. The summed E-state index contributed by atoms with van der Waals surface area (Å²) in [5.74, 6) is 0.924. The van der Waals surface area contributed by atoms with Crippen LogP contribution in [0.25, 0.3) is 0 Å². The average Bonchev–Trinajstić information content (AvgIpc) is 2.05. The first-order valence-corrected chi connectivity index (χ1v) is 6.03. The Kier molecular flexibility index (Phi) is 6.41. The lowest BCUT2D eigenvalue weighted by molar-refractivity contribution is -0.0000105. The molecule has 0 aliphatic rings. The van der Waals surface area contributed by atoms with Crippen LogP contribution >= 0.6 is 0 Å². The van der Waals surface area contributed by atoms with Crippen LogP contribution in [0, 0.1) is 0 Å². The number of carbonyl (C=O) groups excluding carboxylic acids is 1. The molecule has 0 atom stereocenters. The SMILES string of the molecule is C[S+](C)CC(=O)c1ccccc1.[I-]. The number of halogens is 1. The van der Waals surface area contributed by atoms with Crippen LogP contribution in [0.1, 0.15) is 10.4 Å². The zero-order chi connectivity index (χ0) is 8.97. The van der Waals surface area contributed by atoms with E-state index in [1.165, 1.54) is 0 Å². The Morgan fingerprint density at radius 1 is 1.23 bits per heavy atom. The molecule has 0 heterocycles. The van der Waals surface area contributed by atoms with Crippen molar-refractivity contribution in [2.45, 2.75) is 0 Å². The Hall–Kier alpha value is -0.0300. The maximum atomic E-state index is 11.5. The number of hydrogen-bond acceptors (Lipinski definition) is 1. The predicted octanol–water partition coefficient (Wildman–Crippen LogP) is -1.25. The molecule has 0 saturated heterocycles. The molecule has 0 N–H and O–H groups in total. The summed E-state index contributed by atoms with van der Waals surface area (Å²) in [7, 11) is 0.204. The van der Waals surface area contributed by atoms with Gasteiger partial charge in [0.15, 0.2) is 5.75 Å². The van der Waals surface area contributed by atoms with Gasteiger partial charge >= 0.3 is 0 Å². The van der Waals surface area contributed by atoms with Gasteiger partial charge in [-0.15, -0.1) is 0 Å². The lowest BCUT2D eigenvalue weighted by Gasteiger charge is -1.97. The van der Waals surface area contributed by atoms with E-state index < -0.39 is 0 Å². The van der Waals surface area contributed by atoms with Gasteiger partial charge in [0.2, 0.25) is 5.78 Å². The topological polar surface area (TPSA) is 17.1 Å². The fraction of sp³-hybridized carbons (Fsp3) is 0.300. The minimum absolute atomic E-state index is 0. The van der Waals surface area contributed by atoms with Gasteiger partial charge in [0.1, 0.15) is 0 Å². The zero-order valence-corrected chi connectivity index (χ0v) is 10.8. The maximum Gasteiger partial charge on any atom is 0.211 e. The van der Waals surface area contributed by atoms with Crippen LogP contribution in [0.3, 0.4) is 0 Å². The minimum Gasteiger partial charge on any atom is -1.00 e. The van der Waals surface area contributed by atoms with Crippen LogP contribution in [0.5, 0.6) is 0 Å². The molecule has 1 nitrogen and oxygen atoms in total. The minimum atomic E-state index is 0. The third-order valence-electron chi connectivity index (χ3n) is 1.52. The van der Waals surface area contributed by atoms with Crippen molar-refractivity contribution in [3.63, 3.8) is 0 Å². The summed E-state index contributed by atoms with van der Waals surface area (Å²) >= 11 is 0. The number of hydrogen-bond donors (Lipinski definition) is 0. The molecule has 0 saturated carbocycles. The third kappa shape index (κ3) is 4.67. The second kappa shape index (κ2) is 6.43. The first kappa shape index (κ1) is 13.0. The normalized spacial score (nSPS) is 9.46. The van der Waals surface area contributed by atoms with E-state index in [4.69, 9.17) is 0 Å². The van der Waals surface area contributed by atoms with Gasteiger partial charge < -0.3 is 24.0 Å². The summed E-state index contributed by atoms with van der Waals surface area (Å²) in [5, 5.41) is 0. The van der Waals surface area contributed by atoms with Gasteiger partial charge in [0, 0.05) is 5.56 Å². The average molecular weight is 308 g/mol. The number of ketones is 1. The Morgan fingerprint density at radius 3 is 2.23 bits per heavy atom. The van der Waals surface area contributed by atoms with Gasteiger partial charge in [0.05, 0.1) is 12.5 Å². The monoisotopic (exact) mass is 308 g/mol. The number of rotatable bonds is 3. The van der Waals surface area contributed by atoms with Gasteiger partial charge in [0.25, 0.3) is 0 Å². The largest absolute Gasteiger partial charge is 1.00 e. The molecule has 72 valence electrons. The third-order valence-corrected chi connectivity index (χ3v) is 2.36. The van der Waals surface area contributed by atoms with Gasteiger partial charge in [-0.05, 0) is 10.9 Å². The van der Waals surface area contributed by atoms with E-state index in [2.05, 4.69) is 12.5 Å². The molecule has 13 heavy (non-hydrogen) atoms. The molecule has 0 fully saturated rings. The number of carbonyl (C=O) groups is 1. The van der Waals surface area contributed by atoms with E-state index in [1.807, 2.05) is 30.3 Å². The second-order valence-electron chi connectivity index (χ2n) is 2.92. The van der Waals surface area contributed by atoms with E-state index in [0.29, 0.717) is 5.75 Å². The molecule has 0 aliphatic heterocycles. The number of benzene rings is 1. The highest BCUT2D eigenvalue weighted by Gasteiger charge is 2.12. The molecule has 0 aliphatic carbocycles. The van der Waals surface area contributed by atoms with Crippen molar-refractivity contribution in [3.05, 3.63) is 35.9 Å². The lowest BCUT2D eigenvalue weighted by Crippen LogP contribution is -3.00. The highest BCUT2D eigenvalue weighted by molar-refractivity contribution is 7.96. The number of Topliss-reactive ketones (excluding diaryl/α,β-unsaturated/α-hetero) is 1. The molecule has 0 aromatic heterocycles. The zero-order valence-electron chi connectivity index (χ0n) is 7.79. The van der Waals surface area contributed by atoms with Crippen molar-refractivity contribution in [2.24, 2.45) is 0 Å². The van der Waals surface area contributed by atoms with E-state index >= 15 is 0 Å². The highest BCUT2D eigenvalue weighted by atomic mass is 127. The second-order valence-corrected chi connectivity index (χ2v) is 5.18. The van der Waals surface area contributed by atoms with Crippen LogP contribution in [0.2, 0.25) is 0 Å². The van der Waals surface area contributed by atoms with Crippen molar-refractivity contribution in [1.29, 1.82) is 0 Å². The predicted molar refractivity (Wildman–Crippen MR) is 54.9 cm³/mol. The van der Waals surface area contributed by atoms with Crippen molar-refractivity contribution < 1.29 is 28.8 Å². The highest BCUT2D eigenvalue weighted by Crippen LogP contribution is 2.01. The van der Waals surface area contributed by atoms with Gasteiger partial charge in [-0.3, -0.25) is 4.79 Å². The summed E-state index contributed by atoms with van der Waals surface area (Å²) in [4.78, 5) is 11.5. The molecular weight excluding hydrogens is 295 g/mol. The van der Waals surface area contributed by atoms with E-state index in [9.17, 15) is 4.79 Å². The molecule has 0 unspecified atom stereocenters. The van der Waals surface area contributed by atoms with Gasteiger partial charge in [-0.1, -0.05) is 30.3 Å². The quantitative estimate of drug-likeness (QED) is 0.387. The summed E-state index contributed by atoms with van der Waals surface area (Å²) in [6, 6.07) is 9.46. The summed E-state index contributed by atoms with van der Waals surface area (Å²) in [6.07, 6.45) is 4.17. The molecular formula is C10H13IOS. The van der Waals surface area contributed by atoms with Crippen LogP contribution in [-0.4, -0.2) is 24.0 Å².